The first-order valence-electron chi connectivity index (χ1n) is 6.26. The molecule has 7 heteroatoms. The number of aldehydes is 1. The Morgan fingerprint density at radius 3 is 2.67 bits per heavy atom. The Morgan fingerprint density at radius 1 is 1.38 bits per heavy atom. The predicted octanol–water partition coefficient (Wildman–Crippen LogP) is 4.55. The van der Waals surface area contributed by atoms with Crippen molar-refractivity contribution >= 4 is 22.2 Å². The Balaban J connectivity index is 2.64. The molecular formula is C14H12BrF3N2O. The van der Waals surface area contributed by atoms with Crippen molar-refractivity contribution < 1.29 is 18.0 Å². The van der Waals surface area contributed by atoms with Crippen molar-refractivity contribution in [3.8, 4) is 11.3 Å². The Morgan fingerprint density at radius 2 is 2.10 bits per heavy atom. The van der Waals surface area contributed by atoms with Crippen molar-refractivity contribution in [3.05, 3.63) is 40.0 Å². The number of aromatic nitrogens is 2. The molecule has 2 rings (SSSR count). The molecule has 0 aliphatic carbocycles. The standard InChI is InChI=1S/C14H12BrF3N2O/c1-2-5-20-7-9(8-21)13(19-20)11-4-3-10(15)6-12(11)14(16,17)18/h3-4,6-8H,2,5H2,1H3. The molecule has 21 heavy (non-hydrogen) atoms. The van der Waals surface area contributed by atoms with E-state index < -0.39 is 11.7 Å². The van der Waals surface area contributed by atoms with E-state index in [1.807, 2.05) is 6.92 Å². The number of carbonyl (C=O) groups is 1. The van der Waals surface area contributed by atoms with E-state index in [1.54, 1.807) is 0 Å². The van der Waals surface area contributed by atoms with Gasteiger partial charge in [0.15, 0.2) is 6.29 Å². The molecule has 0 spiro atoms. The maximum atomic E-state index is 13.2. The first kappa shape index (κ1) is 15.8. The molecule has 0 bridgehead atoms. The number of halogens is 4. The molecule has 1 aromatic carbocycles. The van der Waals surface area contributed by atoms with Crippen molar-refractivity contribution in [2.75, 3.05) is 0 Å². The van der Waals surface area contributed by atoms with Gasteiger partial charge in [0, 0.05) is 22.8 Å². The number of hydrogen-bond acceptors (Lipinski definition) is 2. The van der Waals surface area contributed by atoms with Crippen LogP contribution in [0, 0.1) is 0 Å². The van der Waals surface area contributed by atoms with Crippen LogP contribution in [-0.4, -0.2) is 16.1 Å². The number of benzene rings is 1. The summed E-state index contributed by atoms with van der Waals surface area (Å²) in [5.74, 6) is 0. The monoisotopic (exact) mass is 360 g/mol. The quantitative estimate of drug-likeness (QED) is 0.749. The van der Waals surface area contributed by atoms with Gasteiger partial charge in [-0.25, -0.2) is 0 Å². The molecule has 0 radical (unpaired) electrons. The molecule has 0 aliphatic heterocycles. The van der Waals surface area contributed by atoms with Crippen LogP contribution in [0.15, 0.2) is 28.9 Å². The zero-order chi connectivity index (χ0) is 15.6. The van der Waals surface area contributed by atoms with Crippen LogP contribution in [0.25, 0.3) is 11.3 Å². The maximum absolute atomic E-state index is 13.2. The van der Waals surface area contributed by atoms with Crippen LogP contribution in [-0.2, 0) is 12.7 Å². The van der Waals surface area contributed by atoms with Gasteiger partial charge in [-0.05, 0) is 18.6 Å². The third-order valence-electron chi connectivity index (χ3n) is 2.91. The van der Waals surface area contributed by atoms with Gasteiger partial charge in [0.2, 0.25) is 0 Å². The number of rotatable bonds is 4. The van der Waals surface area contributed by atoms with Crippen LogP contribution in [0.1, 0.15) is 29.3 Å². The van der Waals surface area contributed by atoms with Crippen molar-refractivity contribution in [1.82, 2.24) is 9.78 Å². The lowest BCUT2D eigenvalue weighted by molar-refractivity contribution is -0.137. The van der Waals surface area contributed by atoms with Crippen LogP contribution in [0.4, 0.5) is 13.2 Å². The van der Waals surface area contributed by atoms with Crippen LogP contribution in [0.2, 0.25) is 0 Å². The van der Waals surface area contributed by atoms with Gasteiger partial charge in [0.05, 0.1) is 11.1 Å². The van der Waals surface area contributed by atoms with Crippen LogP contribution in [0.5, 0.6) is 0 Å². The van der Waals surface area contributed by atoms with Gasteiger partial charge in [-0.1, -0.05) is 28.9 Å². The molecule has 0 N–H and O–H groups in total. The highest BCUT2D eigenvalue weighted by Crippen LogP contribution is 2.38. The van der Waals surface area contributed by atoms with E-state index in [2.05, 4.69) is 21.0 Å². The SMILES string of the molecule is CCCn1cc(C=O)c(-c2ccc(Br)cc2C(F)(F)F)n1. The van der Waals surface area contributed by atoms with E-state index in [0.717, 1.165) is 12.5 Å². The summed E-state index contributed by atoms with van der Waals surface area (Å²) in [7, 11) is 0. The summed E-state index contributed by atoms with van der Waals surface area (Å²) in [5, 5.41) is 4.11. The molecule has 0 fully saturated rings. The molecule has 2 aromatic rings. The number of alkyl halides is 3. The Hall–Kier alpha value is -1.63. The van der Waals surface area contributed by atoms with Gasteiger partial charge in [0.1, 0.15) is 5.69 Å². The van der Waals surface area contributed by atoms with E-state index in [-0.39, 0.29) is 16.8 Å². The second-order valence-corrected chi connectivity index (χ2v) is 5.42. The second kappa shape index (κ2) is 6.01. The van der Waals surface area contributed by atoms with Crippen molar-refractivity contribution in [2.45, 2.75) is 26.1 Å². The first-order valence-corrected chi connectivity index (χ1v) is 7.06. The summed E-state index contributed by atoms with van der Waals surface area (Å²) in [6.07, 6.45) is -1.76. The zero-order valence-corrected chi connectivity index (χ0v) is 12.7. The molecule has 0 saturated carbocycles. The number of aryl methyl sites for hydroxylation is 1. The number of carbonyl (C=O) groups excluding carboxylic acids is 1. The van der Waals surface area contributed by atoms with Crippen molar-refractivity contribution in [1.29, 1.82) is 0 Å². The fourth-order valence-corrected chi connectivity index (χ4v) is 2.39. The fraction of sp³-hybridized carbons (Fsp3) is 0.286. The lowest BCUT2D eigenvalue weighted by Crippen LogP contribution is -2.08. The summed E-state index contributed by atoms with van der Waals surface area (Å²) in [5.41, 5.74) is -0.709. The molecule has 1 aromatic heterocycles. The minimum absolute atomic E-state index is 0.0540. The summed E-state index contributed by atoms with van der Waals surface area (Å²) >= 11 is 3.03. The molecular weight excluding hydrogens is 349 g/mol. The third-order valence-corrected chi connectivity index (χ3v) is 3.41. The number of nitrogens with zero attached hydrogens (tertiary/aromatic N) is 2. The lowest BCUT2D eigenvalue weighted by atomic mass is 10.0. The minimum Gasteiger partial charge on any atom is -0.298 e. The molecule has 0 saturated heterocycles. The fourth-order valence-electron chi connectivity index (χ4n) is 2.03. The highest BCUT2D eigenvalue weighted by molar-refractivity contribution is 9.10. The average molecular weight is 361 g/mol. The summed E-state index contributed by atoms with van der Waals surface area (Å²) in [4.78, 5) is 11.1. The first-order chi connectivity index (χ1) is 9.86. The predicted molar refractivity (Wildman–Crippen MR) is 76.0 cm³/mol. The molecule has 0 amide bonds. The molecule has 0 unspecified atom stereocenters. The highest BCUT2D eigenvalue weighted by Gasteiger charge is 2.35. The molecule has 0 atom stereocenters. The van der Waals surface area contributed by atoms with Crippen molar-refractivity contribution in [3.63, 3.8) is 0 Å². The summed E-state index contributed by atoms with van der Waals surface area (Å²) in [6.45, 7) is 2.46. The maximum Gasteiger partial charge on any atom is 0.417 e. The van der Waals surface area contributed by atoms with Crippen LogP contribution < -0.4 is 0 Å². The Kier molecular flexibility index (Phi) is 4.51. The summed E-state index contributed by atoms with van der Waals surface area (Å²) < 4.78 is 41.3. The second-order valence-electron chi connectivity index (χ2n) is 4.50. The average Bonchev–Trinajstić information content (AvgIpc) is 2.81. The molecule has 1 heterocycles. The Bertz CT molecular complexity index is 665. The van der Waals surface area contributed by atoms with Gasteiger partial charge in [-0.3, -0.25) is 9.48 Å². The molecule has 112 valence electrons. The van der Waals surface area contributed by atoms with Crippen LogP contribution in [0.3, 0.4) is 0 Å². The highest BCUT2D eigenvalue weighted by atomic mass is 79.9. The smallest absolute Gasteiger partial charge is 0.298 e. The van der Waals surface area contributed by atoms with E-state index in [0.29, 0.717) is 17.3 Å². The zero-order valence-electron chi connectivity index (χ0n) is 11.1. The largest absolute Gasteiger partial charge is 0.417 e. The van der Waals surface area contributed by atoms with Crippen LogP contribution >= 0.6 is 15.9 Å². The lowest BCUT2D eigenvalue weighted by Gasteiger charge is -2.12. The van der Waals surface area contributed by atoms with Gasteiger partial charge >= 0.3 is 6.18 Å². The minimum atomic E-state index is -4.52. The normalized spacial score (nSPS) is 11.7. The van der Waals surface area contributed by atoms with E-state index in [1.165, 1.54) is 23.0 Å². The van der Waals surface area contributed by atoms with E-state index >= 15 is 0 Å². The van der Waals surface area contributed by atoms with Gasteiger partial charge in [-0.2, -0.15) is 18.3 Å². The van der Waals surface area contributed by atoms with Gasteiger partial charge in [0.25, 0.3) is 0 Å². The third kappa shape index (κ3) is 3.34. The van der Waals surface area contributed by atoms with Gasteiger partial charge < -0.3 is 0 Å². The molecule has 0 aliphatic rings. The van der Waals surface area contributed by atoms with Crippen molar-refractivity contribution in [2.24, 2.45) is 0 Å². The number of hydrogen-bond donors (Lipinski definition) is 0. The summed E-state index contributed by atoms with van der Waals surface area (Å²) in [6, 6.07) is 3.80. The van der Waals surface area contributed by atoms with E-state index in [4.69, 9.17) is 0 Å². The topological polar surface area (TPSA) is 34.9 Å². The van der Waals surface area contributed by atoms with Gasteiger partial charge in [-0.15, -0.1) is 0 Å². The molecule has 3 nitrogen and oxygen atoms in total. The Labute approximate surface area is 127 Å². The van der Waals surface area contributed by atoms with E-state index in [9.17, 15) is 18.0 Å².